The van der Waals surface area contributed by atoms with E-state index in [2.05, 4.69) is 0 Å². The maximum Gasteiger partial charge on any atom is 0.323 e. The van der Waals surface area contributed by atoms with Crippen LogP contribution in [0.25, 0.3) is 0 Å². The van der Waals surface area contributed by atoms with Gasteiger partial charge in [0.2, 0.25) is 0 Å². The molecule has 0 heterocycles. The summed E-state index contributed by atoms with van der Waals surface area (Å²) in [5.41, 5.74) is 11.4. The van der Waals surface area contributed by atoms with E-state index in [1.807, 2.05) is 6.07 Å². The largest absolute Gasteiger partial charge is 0.480 e. The van der Waals surface area contributed by atoms with Crippen LogP contribution in [0.1, 0.15) is 12.5 Å². The molecule has 0 aromatic heterocycles. The molecular weight excluding hydrogens is 216 g/mol. The highest BCUT2D eigenvalue weighted by atomic mass is 35.5. The van der Waals surface area contributed by atoms with Gasteiger partial charge in [-0.05, 0) is 24.6 Å². The molecule has 1 aromatic rings. The third-order valence-corrected chi connectivity index (χ3v) is 2.01. The lowest BCUT2D eigenvalue weighted by atomic mass is 9.94. The van der Waals surface area contributed by atoms with Crippen molar-refractivity contribution in [2.24, 2.45) is 5.73 Å². The molecule has 1 aromatic carbocycles. The number of rotatable bonds is 3. The number of anilines is 1. The number of carboxylic acid groups (broad SMARTS) is 1. The first-order chi connectivity index (χ1) is 6.42. The quantitative estimate of drug-likeness (QED) is 0.677. The van der Waals surface area contributed by atoms with E-state index in [1.54, 1.807) is 18.2 Å². The minimum absolute atomic E-state index is 0. The Morgan fingerprint density at radius 1 is 1.53 bits per heavy atom. The molecule has 1 atom stereocenters. The predicted molar refractivity (Wildman–Crippen MR) is 62.0 cm³/mol. The highest BCUT2D eigenvalue weighted by Crippen LogP contribution is 2.13. The molecule has 1 unspecified atom stereocenters. The van der Waals surface area contributed by atoms with Crippen LogP contribution in [0.2, 0.25) is 0 Å². The van der Waals surface area contributed by atoms with Gasteiger partial charge in [-0.3, -0.25) is 4.79 Å². The Balaban J connectivity index is 0.00000196. The van der Waals surface area contributed by atoms with Gasteiger partial charge in [-0.2, -0.15) is 0 Å². The molecule has 0 radical (unpaired) electrons. The summed E-state index contributed by atoms with van der Waals surface area (Å²) in [6.07, 6.45) is 0.271. The average molecular weight is 231 g/mol. The molecule has 84 valence electrons. The van der Waals surface area contributed by atoms with E-state index < -0.39 is 11.5 Å². The van der Waals surface area contributed by atoms with E-state index >= 15 is 0 Å². The number of nitrogens with two attached hydrogens (primary N) is 2. The van der Waals surface area contributed by atoms with E-state index in [-0.39, 0.29) is 18.8 Å². The van der Waals surface area contributed by atoms with Crippen molar-refractivity contribution in [3.8, 4) is 0 Å². The van der Waals surface area contributed by atoms with Crippen molar-refractivity contribution in [3.63, 3.8) is 0 Å². The maximum absolute atomic E-state index is 10.8. The second-order valence-corrected chi connectivity index (χ2v) is 3.64. The minimum Gasteiger partial charge on any atom is -0.480 e. The monoisotopic (exact) mass is 230 g/mol. The number of hydrogen-bond acceptors (Lipinski definition) is 3. The molecule has 15 heavy (non-hydrogen) atoms. The number of benzene rings is 1. The second-order valence-electron chi connectivity index (χ2n) is 3.64. The van der Waals surface area contributed by atoms with Crippen molar-refractivity contribution in [1.82, 2.24) is 0 Å². The van der Waals surface area contributed by atoms with Crippen LogP contribution in [-0.2, 0) is 11.2 Å². The molecule has 0 fully saturated rings. The summed E-state index contributed by atoms with van der Waals surface area (Å²) in [6, 6.07) is 7.07. The van der Waals surface area contributed by atoms with Crippen LogP contribution < -0.4 is 11.5 Å². The number of nitrogen functional groups attached to an aromatic ring is 1. The van der Waals surface area contributed by atoms with Gasteiger partial charge in [-0.1, -0.05) is 12.1 Å². The summed E-state index contributed by atoms with van der Waals surface area (Å²) in [5.74, 6) is -1.01. The van der Waals surface area contributed by atoms with E-state index in [9.17, 15) is 4.79 Å². The molecule has 0 spiro atoms. The number of carbonyl (C=O) groups is 1. The summed E-state index contributed by atoms with van der Waals surface area (Å²) in [4.78, 5) is 10.8. The van der Waals surface area contributed by atoms with Crippen molar-refractivity contribution in [3.05, 3.63) is 29.8 Å². The first-order valence-corrected chi connectivity index (χ1v) is 4.28. The third-order valence-electron chi connectivity index (χ3n) is 2.01. The van der Waals surface area contributed by atoms with E-state index in [0.29, 0.717) is 5.69 Å². The van der Waals surface area contributed by atoms with Crippen LogP contribution in [0, 0.1) is 0 Å². The van der Waals surface area contributed by atoms with Crippen LogP contribution in [0.5, 0.6) is 0 Å². The molecule has 0 bridgehead atoms. The molecule has 4 nitrogen and oxygen atoms in total. The van der Waals surface area contributed by atoms with Gasteiger partial charge < -0.3 is 16.6 Å². The first-order valence-electron chi connectivity index (χ1n) is 4.28. The van der Waals surface area contributed by atoms with Gasteiger partial charge in [0, 0.05) is 12.1 Å². The van der Waals surface area contributed by atoms with Gasteiger partial charge in [0.05, 0.1) is 0 Å². The summed E-state index contributed by atoms with van der Waals surface area (Å²) >= 11 is 0. The fraction of sp³-hybridized carbons (Fsp3) is 0.300. The molecule has 5 heteroatoms. The highest BCUT2D eigenvalue weighted by Gasteiger charge is 2.27. The Kier molecular flexibility index (Phi) is 4.58. The van der Waals surface area contributed by atoms with Gasteiger partial charge in [-0.15, -0.1) is 12.4 Å². The number of halogens is 1. The first kappa shape index (κ1) is 13.7. The lowest BCUT2D eigenvalue weighted by molar-refractivity contribution is -0.142. The standard InChI is InChI=1S/C10H14N2O2.ClH/c1-10(12,9(13)14)6-7-3-2-4-8(11)5-7;/h2-5H,6,11-12H2,1H3,(H,13,14);1H. The topological polar surface area (TPSA) is 89.3 Å². The van der Waals surface area contributed by atoms with Crippen molar-refractivity contribution >= 4 is 24.1 Å². The van der Waals surface area contributed by atoms with Crippen molar-refractivity contribution in [2.45, 2.75) is 18.9 Å². The Bertz CT molecular complexity index is 353. The lowest BCUT2D eigenvalue weighted by Gasteiger charge is -2.19. The van der Waals surface area contributed by atoms with Gasteiger partial charge in [0.15, 0.2) is 0 Å². The Morgan fingerprint density at radius 2 is 2.13 bits per heavy atom. The van der Waals surface area contributed by atoms with Crippen LogP contribution >= 0.6 is 12.4 Å². The van der Waals surface area contributed by atoms with Gasteiger partial charge in [-0.25, -0.2) is 0 Å². The smallest absolute Gasteiger partial charge is 0.323 e. The fourth-order valence-corrected chi connectivity index (χ4v) is 1.20. The SMILES string of the molecule is CC(N)(Cc1cccc(N)c1)C(=O)O.Cl. The van der Waals surface area contributed by atoms with Crippen LogP contribution in [0.4, 0.5) is 5.69 Å². The molecule has 0 aliphatic rings. The van der Waals surface area contributed by atoms with E-state index in [4.69, 9.17) is 16.6 Å². The van der Waals surface area contributed by atoms with E-state index in [1.165, 1.54) is 6.92 Å². The molecule has 0 aliphatic heterocycles. The summed E-state index contributed by atoms with van der Waals surface area (Å²) < 4.78 is 0. The normalized spacial score (nSPS) is 13.7. The molecule has 0 aliphatic carbocycles. The van der Waals surface area contributed by atoms with Crippen molar-refractivity contribution < 1.29 is 9.90 Å². The molecule has 1 rings (SSSR count). The molecular formula is C10H15ClN2O2. The molecule has 0 saturated heterocycles. The van der Waals surface area contributed by atoms with Crippen molar-refractivity contribution in [2.75, 3.05) is 5.73 Å². The Hall–Kier alpha value is -1.26. The van der Waals surface area contributed by atoms with Gasteiger partial charge in [0.25, 0.3) is 0 Å². The summed E-state index contributed by atoms with van der Waals surface area (Å²) in [6.45, 7) is 1.48. The van der Waals surface area contributed by atoms with E-state index in [0.717, 1.165) is 5.56 Å². The molecule has 0 saturated carbocycles. The van der Waals surface area contributed by atoms with Crippen molar-refractivity contribution in [1.29, 1.82) is 0 Å². The fourth-order valence-electron chi connectivity index (χ4n) is 1.20. The molecule has 5 N–H and O–H groups in total. The maximum atomic E-state index is 10.8. The minimum atomic E-state index is -1.24. The molecule has 0 amide bonds. The highest BCUT2D eigenvalue weighted by molar-refractivity contribution is 5.85. The van der Waals surface area contributed by atoms with Gasteiger partial charge in [0.1, 0.15) is 5.54 Å². The number of aliphatic carboxylic acids is 1. The van der Waals surface area contributed by atoms with Crippen LogP contribution in [-0.4, -0.2) is 16.6 Å². The zero-order chi connectivity index (χ0) is 10.8. The Labute approximate surface area is 94.7 Å². The predicted octanol–water partition coefficient (Wildman–Crippen LogP) is 1.04. The lowest BCUT2D eigenvalue weighted by Crippen LogP contribution is -2.46. The second kappa shape index (κ2) is 5.00. The zero-order valence-electron chi connectivity index (χ0n) is 8.43. The average Bonchev–Trinajstić information content (AvgIpc) is 2.02. The number of hydrogen-bond donors (Lipinski definition) is 3. The van der Waals surface area contributed by atoms with Gasteiger partial charge >= 0.3 is 5.97 Å². The number of carboxylic acids is 1. The van der Waals surface area contributed by atoms with Crippen LogP contribution in [0.15, 0.2) is 24.3 Å². The Morgan fingerprint density at radius 3 is 2.60 bits per heavy atom. The zero-order valence-corrected chi connectivity index (χ0v) is 9.25. The summed E-state index contributed by atoms with van der Waals surface area (Å²) in [5, 5.41) is 8.82. The van der Waals surface area contributed by atoms with Crippen LogP contribution in [0.3, 0.4) is 0 Å². The summed E-state index contributed by atoms with van der Waals surface area (Å²) in [7, 11) is 0. The third kappa shape index (κ3) is 3.77.